The molecular weight excluding hydrogens is 231 g/mol. The SMILES string of the molecule is CCNc1ncc(F)c(Nc2cccc(C)c2)n1. The largest absolute Gasteiger partial charge is 0.354 e. The van der Waals surface area contributed by atoms with Crippen LogP contribution in [0.15, 0.2) is 30.5 Å². The Hall–Kier alpha value is -2.17. The first-order chi connectivity index (χ1) is 8.69. The molecule has 0 atom stereocenters. The lowest BCUT2D eigenvalue weighted by atomic mass is 10.2. The maximum absolute atomic E-state index is 13.6. The molecule has 18 heavy (non-hydrogen) atoms. The van der Waals surface area contributed by atoms with Gasteiger partial charge in [0.05, 0.1) is 6.20 Å². The van der Waals surface area contributed by atoms with Crippen molar-refractivity contribution in [3.05, 3.63) is 41.8 Å². The number of rotatable bonds is 4. The van der Waals surface area contributed by atoms with Crippen LogP contribution in [0.25, 0.3) is 0 Å². The molecule has 1 aromatic carbocycles. The van der Waals surface area contributed by atoms with Crippen molar-refractivity contribution in [3.63, 3.8) is 0 Å². The minimum absolute atomic E-state index is 0.173. The lowest BCUT2D eigenvalue weighted by Crippen LogP contribution is -2.05. The van der Waals surface area contributed by atoms with Gasteiger partial charge in [0.2, 0.25) is 5.95 Å². The molecule has 2 rings (SSSR count). The first-order valence-electron chi connectivity index (χ1n) is 5.79. The quantitative estimate of drug-likeness (QED) is 0.870. The molecule has 0 saturated heterocycles. The molecule has 1 aromatic heterocycles. The summed E-state index contributed by atoms with van der Waals surface area (Å²) in [7, 11) is 0. The molecule has 0 fully saturated rings. The van der Waals surface area contributed by atoms with Crippen molar-refractivity contribution in [2.75, 3.05) is 17.2 Å². The molecule has 0 unspecified atom stereocenters. The summed E-state index contributed by atoms with van der Waals surface area (Å²) in [6, 6.07) is 7.67. The van der Waals surface area contributed by atoms with Crippen LogP contribution in [0, 0.1) is 12.7 Å². The summed E-state index contributed by atoms with van der Waals surface area (Å²) in [5, 5.41) is 5.89. The molecule has 0 radical (unpaired) electrons. The van der Waals surface area contributed by atoms with Gasteiger partial charge in [-0.05, 0) is 31.5 Å². The minimum Gasteiger partial charge on any atom is -0.354 e. The van der Waals surface area contributed by atoms with Gasteiger partial charge in [-0.3, -0.25) is 0 Å². The van der Waals surface area contributed by atoms with Gasteiger partial charge in [0.1, 0.15) is 0 Å². The van der Waals surface area contributed by atoms with Crippen molar-refractivity contribution in [2.24, 2.45) is 0 Å². The number of aryl methyl sites for hydroxylation is 1. The van der Waals surface area contributed by atoms with E-state index in [4.69, 9.17) is 0 Å². The summed E-state index contributed by atoms with van der Waals surface area (Å²) in [5.41, 5.74) is 1.90. The molecule has 0 bridgehead atoms. The highest BCUT2D eigenvalue weighted by Crippen LogP contribution is 2.19. The molecule has 4 nitrogen and oxygen atoms in total. The number of benzene rings is 1. The van der Waals surface area contributed by atoms with Gasteiger partial charge in [0, 0.05) is 12.2 Å². The highest BCUT2D eigenvalue weighted by Gasteiger charge is 2.06. The van der Waals surface area contributed by atoms with Crippen LogP contribution in [0.4, 0.5) is 21.8 Å². The molecule has 5 heteroatoms. The fourth-order valence-corrected chi connectivity index (χ4v) is 1.56. The van der Waals surface area contributed by atoms with Gasteiger partial charge in [-0.25, -0.2) is 9.37 Å². The lowest BCUT2D eigenvalue weighted by molar-refractivity contribution is 0.619. The van der Waals surface area contributed by atoms with Crippen LogP contribution in [0.1, 0.15) is 12.5 Å². The van der Waals surface area contributed by atoms with E-state index in [9.17, 15) is 4.39 Å². The van der Waals surface area contributed by atoms with Gasteiger partial charge in [-0.15, -0.1) is 0 Å². The van der Waals surface area contributed by atoms with Crippen LogP contribution < -0.4 is 10.6 Å². The maximum Gasteiger partial charge on any atom is 0.224 e. The van der Waals surface area contributed by atoms with Crippen molar-refractivity contribution < 1.29 is 4.39 Å². The first kappa shape index (κ1) is 12.3. The summed E-state index contributed by atoms with van der Waals surface area (Å²) in [4.78, 5) is 7.93. The van der Waals surface area contributed by atoms with Gasteiger partial charge < -0.3 is 10.6 Å². The second-order valence-corrected chi connectivity index (χ2v) is 3.91. The minimum atomic E-state index is -0.474. The fourth-order valence-electron chi connectivity index (χ4n) is 1.56. The molecular formula is C13H15FN4. The van der Waals surface area contributed by atoms with E-state index in [0.717, 1.165) is 17.4 Å². The van der Waals surface area contributed by atoms with Gasteiger partial charge in [0.25, 0.3) is 0 Å². The molecule has 0 aliphatic carbocycles. The lowest BCUT2D eigenvalue weighted by Gasteiger charge is -2.09. The van der Waals surface area contributed by atoms with Crippen molar-refractivity contribution in [3.8, 4) is 0 Å². The van der Waals surface area contributed by atoms with E-state index in [1.54, 1.807) is 0 Å². The van der Waals surface area contributed by atoms with E-state index < -0.39 is 5.82 Å². The maximum atomic E-state index is 13.6. The third kappa shape index (κ3) is 2.94. The van der Waals surface area contributed by atoms with Gasteiger partial charge >= 0.3 is 0 Å². The number of hydrogen-bond donors (Lipinski definition) is 2. The Kier molecular flexibility index (Phi) is 3.72. The Bertz CT molecular complexity index is 542. The van der Waals surface area contributed by atoms with E-state index >= 15 is 0 Å². The van der Waals surface area contributed by atoms with Crippen LogP contribution in [-0.2, 0) is 0 Å². The van der Waals surface area contributed by atoms with Gasteiger partial charge in [0.15, 0.2) is 11.6 Å². The average Bonchev–Trinajstić information content (AvgIpc) is 2.34. The molecule has 0 saturated carbocycles. The predicted octanol–water partition coefficient (Wildman–Crippen LogP) is 3.10. The third-order valence-electron chi connectivity index (χ3n) is 2.36. The van der Waals surface area contributed by atoms with Crippen molar-refractivity contribution in [1.29, 1.82) is 0 Å². The average molecular weight is 246 g/mol. The normalized spacial score (nSPS) is 10.2. The van der Waals surface area contributed by atoms with Crippen LogP contribution in [0.3, 0.4) is 0 Å². The number of halogens is 1. The summed E-state index contributed by atoms with van der Waals surface area (Å²) in [5.74, 6) is 0.110. The van der Waals surface area contributed by atoms with E-state index in [1.165, 1.54) is 0 Å². The Balaban J connectivity index is 2.25. The smallest absolute Gasteiger partial charge is 0.224 e. The van der Waals surface area contributed by atoms with E-state index in [-0.39, 0.29) is 5.82 Å². The van der Waals surface area contributed by atoms with E-state index in [0.29, 0.717) is 12.5 Å². The first-order valence-corrected chi connectivity index (χ1v) is 5.79. The number of nitrogens with one attached hydrogen (secondary N) is 2. The molecule has 94 valence electrons. The van der Waals surface area contributed by atoms with E-state index in [2.05, 4.69) is 20.6 Å². The van der Waals surface area contributed by atoms with Crippen molar-refractivity contribution >= 4 is 17.5 Å². The molecule has 0 aliphatic rings. The fraction of sp³-hybridized carbons (Fsp3) is 0.231. The summed E-state index contributed by atoms with van der Waals surface area (Å²) in [6.07, 6.45) is 1.16. The molecule has 0 spiro atoms. The Labute approximate surface area is 105 Å². The zero-order chi connectivity index (χ0) is 13.0. The zero-order valence-electron chi connectivity index (χ0n) is 10.4. The summed E-state index contributed by atoms with van der Waals surface area (Å²) < 4.78 is 13.6. The molecule has 0 amide bonds. The van der Waals surface area contributed by atoms with Gasteiger partial charge in [-0.2, -0.15) is 4.98 Å². The van der Waals surface area contributed by atoms with Crippen LogP contribution in [0.5, 0.6) is 0 Å². The highest BCUT2D eigenvalue weighted by molar-refractivity contribution is 5.58. The van der Waals surface area contributed by atoms with Crippen molar-refractivity contribution in [2.45, 2.75) is 13.8 Å². The van der Waals surface area contributed by atoms with Crippen molar-refractivity contribution in [1.82, 2.24) is 9.97 Å². The number of nitrogens with zero attached hydrogens (tertiary/aromatic N) is 2. The molecule has 0 aliphatic heterocycles. The standard InChI is InChI=1S/C13H15FN4/c1-3-15-13-16-8-11(14)12(18-13)17-10-6-4-5-9(2)7-10/h4-8H,3H2,1-2H3,(H2,15,16,17,18). The molecule has 2 aromatic rings. The summed E-state index contributed by atoms with van der Waals surface area (Å²) >= 11 is 0. The second kappa shape index (κ2) is 5.44. The predicted molar refractivity (Wildman–Crippen MR) is 70.6 cm³/mol. The highest BCUT2D eigenvalue weighted by atomic mass is 19.1. The third-order valence-corrected chi connectivity index (χ3v) is 2.36. The zero-order valence-corrected chi connectivity index (χ0v) is 10.4. The van der Waals surface area contributed by atoms with Crippen LogP contribution in [0.2, 0.25) is 0 Å². The number of anilines is 3. The van der Waals surface area contributed by atoms with Crippen LogP contribution >= 0.6 is 0 Å². The summed E-state index contributed by atoms with van der Waals surface area (Å²) in [6.45, 7) is 4.60. The van der Waals surface area contributed by atoms with Crippen LogP contribution in [-0.4, -0.2) is 16.5 Å². The monoisotopic (exact) mass is 246 g/mol. The topological polar surface area (TPSA) is 49.8 Å². The Morgan fingerprint density at radius 3 is 2.89 bits per heavy atom. The number of aromatic nitrogens is 2. The number of hydrogen-bond acceptors (Lipinski definition) is 4. The second-order valence-electron chi connectivity index (χ2n) is 3.91. The Morgan fingerprint density at radius 1 is 1.33 bits per heavy atom. The molecule has 1 heterocycles. The Morgan fingerprint density at radius 2 is 2.17 bits per heavy atom. The molecule has 2 N–H and O–H groups in total. The van der Waals surface area contributed by atoms with Gasteiger partial charge in [-0.1, -0.05) is 12.1 Å². The van der Waals surface area contributed by atoms with E-state index in [1.807, 2.05) is 38.1 Å².